The molecular weight excluding hydrogens is 256 g/mol. The second kappa shape index (κ2) is 7.42. The zero-order chi connectivity index (χ0) is 14.5. The van der Waals surface area contributed by atoms with E-state index in [1.54, 1.807) is 5.56 Å². The van der Waals surface area contributed by atoms with Gasteiger partial charge in [-0.15, -0.1) is 0 Å². The van der Waals surface area contributed by atoms with Gasteiger partial charge in [-0.05, 0) is 63.6 Å². The lowest BCUT2D eigenvalue weighted by atomic mass is 9.80. The summed E-state index contributed by atoms with van der Waals surface area (Å²) >= 11 is 0. The Labute approximate surface area is 129 Å². The Morgan fingerprint density at radius 2 is 1.76 bits per heavy atom. The third-order valence-corrected chi connectivity index (χ3v) is 5.55. The molecule has 1 saturated carbocycles. The topological polar surface area (TPSA) is 15.3 Å². The van der Waals surface area contributed by atoms with Gasteiger partial charge in [0.15, 0.2) is 0 Å². The van der Waals surface area contributed by atoms with Crippen LogP contribution in [-0.4, -0.2) is 37.1 Å². The molecule has 1 aromatic rings. The van der Waals surface area contributed by atoms with E-state index in [2.05, 4.69) is 47.6 Å². The molecule has 1 heterocycles. The van der Waals surface area contributed by atoms with Crippen molar-refractivity contribution in [3.63, 3.8) is 0 Å². The summed E-state index contributed by atoms with van der Waals surface area (Å²) in [6, 6.07) is 12.8. The molecule has 2 fully saturated rings. The van der Waals surface area contributed by atoms with Crippen LogP contribution in [-0.2, 0) is 0 Å². The lowest BCUT2D eigenvalue weighted by molar-refractivity contribution is 0.0697. The molecule has 1 N–H and O–H groups in total. The Bertz CT molecular complexity index is 407. The third kappa shape index (κ3) is 3.67. The van der Waals surface area contributed by atoms with Crippen LogP contribution < -0.4 is 5.32 Å². The average molecular weight is 286 g/mol. The van der Waals surface area contributed by atoms with Crippen molar-refractivity contribution in [3.05, 3.63) is 35.9 Å². The van der Waals surface area contributed by atoms with Gasteiger partial charge < -0.3 is 5.32 Å². The van der Waals surface area contributed by atoms with Crippen LogP contribution in [0.4, 0.5) is 0 Å². The van der Waals surface area contributed by atoms with Gasteiger partial charge in [0, 0.05) is 18.6 Å². The van der Waals surface area contributed by atoms with Gasteiger partial charge in [0.2, 0.25) is 0 Å². The lowest BCUT2D eigenvalue weighted by Crippen LogP contribution is -2.50. The highest BCUT2D eigenvalue weighted by Crippen LogP contribution is 2.36. The van der Waals surface area contributed by atoms with E-state index in [9.17, 15) is 0 Å². The Balaban J connectivity index is 1.57. The van der Waals surface area contributed by atoms with Crippen molar-refractivity contribution in [3.8, 4) is 0 Å². The molecule has 1 aromatic carbocycles. The Kier molecular flexibility index (Phi) is 5.32. The van der Waals surface area contributed by atoms with Crippen LogP contribution >= 0.6 is 0 Å². The van der Waals surface area contributed by atoms with Gasteiger partial charge in [0.05, 0.1) is 0 Å². The van der Waals surface area contributed by atoms with Gasteiger partial charge in [0.1, 0.15) is 0 Å². The fourth-order valence-electron chi connectivity index (χ4n) is 4.42. The van der Waals surface area contributed by atoms with Crippen LogP contribution in [0.5, 0.6) is 0 Å². The molecule has 116 valence electrons. The number of piperidine rings is 1. The van der Waals surface area contributed by atoms with Crippen molar-refractivity contribution in [2.75, 3.05) is 20.1 Å². The molecule has 2 nitrogen and oxygen atoms in total. The Hall–Kier alpha value is -0.860. The van der Waals surface area contributed by atoms with E-state index in [1.165, 1.54) is 58.0 Å². The first-order valence-electron chi connectivity index (χ1n) is 8.84. The van der Waals surface area contributed by atoms with E-state index in [0.717, 1.165) is 18.0 Å². The third-order valence-electron chi connectivity index (χ3n) is 5.55. The van der Waals surface area contributed by atoms with E-state index < -0.39 is 0 Å². The molecule has 2 aliphatic rings. The van der Waals surface area contributed by atoms with Crippen molar-refractivity contribution in [1.82, 2.24) is 10.2 Å². The maximum absolute atomic E-state index is 3.40. The lowest BCUT2D eigenvalue weighted by Gasteiger charge is -2.44. The summed E-state index contributed by atoms with van der Waals surface area (Å²) in [4.78, 5) is 2.83. The number of likely N-dealkylation sites (tertiary alicyclic amines) is 1. The van der Waals surface area contributed by atoms with Crippen molar-refractivity contribution in [1.29, 1.82) is 0 Å². The van der Waals surface area contributed by atoms with Crippen LogP contribution in [0, 0.1) is 0 Å². The minimum absolute atomic E-state index is 0.780. The highest BCUT2D eigenvalue weighted by molar-refractivity contribution is 5.20. The zero-order valence-corrected chi connectivity index (χ0v) is 13.4. The second-order valence-corrected chi connectivity index (χ2v) is 6.86. The monoisotopic (exact) mass is 286 g/mol. The van der Waals surface area contributed by atoms with Gasteiger partial charge in [-0.3, -0.25) is 4.90 Å². The molecule has 3 rings (SSSR count). The van der Waals surface area contributed by atoms with Crippen LogP contribution in [0.2, 0.25) is 0 Å². The normalized spacial score (nSPS) is 31.2. The molecular formula is C19H30N2. The number of likely N-dealkylation sites (N-methyl/N-ethyl adjacent to an activating group) is 1. The maximum atomic E-state index is 3.40. The maximum Gasteiger partial charge on any atom is 0.0223 e. The molecule has 2 heteroatoms. The van der Waals surface area contributed by atoms with Crippen LogP contribution in [0.1, 0.15) is 56.4 Å². The van der Waals surface area contributed by atoms with E-state index in [1.807, 2.05) is 0 Å². The first-order chi connectivity index (χ1) is 10.4. The van der Waals surface area contributed by atoms with Crippen LogP contribution in [0.15, 0.2) is 30.3 Å². The summed E-state index contributed by atoms with van der Waals surface area (Å²) in [5.74, 6) is 0.801. The molecule has 0 amide bonds. The predicted octanol–water partition coefficient (Wildman–Crippen LogP) is 3.79. The Morgan fingerprint density at radius 1 is 1.00 bits per heavy atom. The Morgan fingerprint density at radius 3 is 2.48 bits per heavy atom. The van der Waals surface area contributed by atoms with Gasteiger partial charge in [-0.25, -0.2) is 0 Å². The predicted molar refractivity (Wildman–Crippen MR) is 89.7 cm³/mol. The number of hydrogen-bond donors (Lipinski definition) is 1. The zero-order valence-electron chi connectivity index (χ0n) is 13.4. The summed E-state index contributed by atoms with van der Waals surface area (Å²) in [6.07, 6.45) is 9.73. The molecule has 21 heavy (non-hydrogen) atoms. The molecule has 0 aromatic heterocycles. The van der Waals surface area contributed by atoms with Crippen molar-refractivity contribution in [2.24, 2.45) is 0 Å². The van der Waals surface area contributed by atoms with E-state index in [0.29, 0.717) is 0 Å². The quantitative estimate of drug-likeness (QED) is 0.906. The summed E-state index contributed by atoms with van der Waals surface area (Å²) in [7, 11) is 2.10. The molecule has 1 unspecified atom stereocenters. The SMILES string of the molecule is CNCC1CCCCN1C1CCC(c2ccccc2)CC1. The summed E-state index contributed by atoms with van der Waals surface area (Å²) < 4.78 is 0. The summed E-state index contributed by atoms with van der Waals surface area (Å²) in [5, 5.41) is 3.40. The summed E-state index contributed by atoms with van der Waals surface area (Å²) in [6.45, 7) is 2.49. The van der Waals surface area contributed by atoms with E-state index >= 15 is 0 Å². The highest BCUT2D eigenvalue weighted by Gasteiger charge is 2.31. The van der Waals surface area contributed by atoms with Crippen molar-refractivity contribution in [2.45, 2.75) is 62.9 Å². The second-order valence-electron chi connectivity index (χ2n) is 6.86. The van der Waals surface area contributed by atoms with Crippen molar-refractivity contribution >= 4 is 0 Å². The highest BCUT2D eigenvalue weighted by atomic mass is 15.2. The van der Waals surface area contributed by atoms with E-state index in [4.69, 9.17) is 0 Å². The van der Waals surface area contributed by atoms with Crippen molar-refractivity contribution < 1.29 is 0 Å². The van der Waals surface area contributed by atoms with Gasteiger partial charge in [-0.2, -0.15) is 0 Å². The first kappa shape index (κ1) is 15.1. The molecule has 1 saturated heterocycles. The van der Waals surface area contributed by atoms with Crippen LogP contribution in [0.3, 0.4) is 0 Å². The molecule has 1 aliphatic carbocycles. The smallest absolute Gasteiger partial charge is 0.0223 e. The molecule has 1 aliphatic heterocycles. The average Bonchev–Trinajstić information content (AvgIpc) is 2.57. The largest absolute Gasteiger partial charge is 0.318 e. The minimum atomic E-state index is 0.780. The number of rotatable bonds is 4. The molecule has 0 radical (unpaired) electrons. The summed E-state index contributed by atoms with van der Waals surface area (Å²) in [5.41, 5.74) is 1.56. The van der Waals surface area contributed by atoms with Crippen LogP contribution in [0.25, 0.3) is 0 Å². The fraction of sp³-hybridized carbons (Fsp3) is 0.684. The molecule has 0 spiro atoms. The number of nitrogens with zero attached hydrogens (tertiary/aromatic N) is 1. The van der Waals surface area contributed by atoms with Gasteiger partial charge >= 0.3 is 0 Å². The fourth-order valence-corrected chi connectivity index (χ4v) is 4.42. The minimum Gasteiger partial charge on any atom is -0.318 e. The number of benzene rings is 1. The van der Waals surface area contributed by atoms with Gasteiger partial charge in [0.25, 0.3) is 0 Å². The number of nitrogens with one attached hydrogen (secondary N) is 1. The van der Waals surface area contributed by atoms with E-state index in [-0.39, 0.29) is 0 Å². The van der Waals surface area contributed by atoms with Gasteiger partial charge in [-0.1, -0.05) is 36.8 Å². The first-order valence-corrected chi connectivity index (χ1v) is 8.84. The molecule has 1 atom stereocenters. The number of hydrogen-bond acceptors (Lipinski definition) is 2. The standard InChI is InChI=1S/C19H30N2/c1-20-15-19-9-5-6-14-21(19)18-12-10-17(11-13-18)16-7-3-2-4-8-16/h2-4,7-8,17-20H,5-6,9-15H2,1H3. The molecule has 0 bridgehead atoms.